The number of hydrogen-bond donors (Lipinski definition) is 2. The molecule has 0 unspecified atom stereocenters. The second-order valence-corrected chi connectivity index (χ2v) is 4.30. The number of anilines is 2. The molecule has 6 nitrogen and oxygen atoms in total. The van der Waals surface area contributed by atoms with Gasteiger partial charge < -0.3 is 10.6 Å². The van der Waals surface area contributed by atoms with Crippen molar-refractivity contribution in [2.45, 2.75) is 25.4 Å². The number of nitrogens with one attached hydrogen (secondary N) is 2. The third-order valence-corrected chi connectivity index (χ3v) is 2.67. The Morgan fingerprint density at radius 3 is 3.00 bits per heavy atom. The van der Waals surface area contributed by atoms with E-state index in [0.29, 0.717) is 18.5 Å². The van der Waals surface area contributed by atoms with Crippen LogP contribution in [-0.2, 0) is 6.54 Å². The lowest BCUT2D eigenvalue weighted by Crippen LogP contribution is -2.09. The predicted octanol–water partition coefficient (Wildman–Crippen LogP) is 1.45. The van der Waals surface area contributed by atoms with Crippen molar-refractivity contribution in [1.29, 1.82) is 0 Å². The number of nitrogens with zero attached hydrogens (tertiary/aromatic N) is 4. The Morgan fingerprint density at radius 2 is 2.22 bits per heavy atom. The van der Waals surface area contributed by atoms with Crippen molar-refractivity contribution >= 4 is 11.8 Å². The molecule has 18 heavy (non-hydrogen) atoms. The minimum Gasteiger partial charge on any atom is -0.364 e. The third-order valence-electron chi connectivity index (χ3n) is 2.67. The van der Waals surface area contributed by atoms with Crippen LogP contribution >= 0.6 is 0 Å². The molecule has 0 amide bonds. The molecule has 0 aromatic carbocycles. The fraction of sp³-hybridized carbons (Fsp3) is 0.333. The third kappa shape index (κ3) is 2.91. The summed E-state index contributed by atoms with van der Waals surface area (Å²) in [7, 11) is 0. The first-order valence-corrected chi connectivity index (χ1v) is 5.99. The summed E-state index contributed by atoms with van der Waals surface area (Å²) in [6.45, 7) is 0.676. The van der Waals surface area contributed by atoms with Crippen LogP contribution in [0.2, 0.25) is 0 Å². The molecule has 1 saturated carbocycles. The van der Waals surface area contributed by atoms with Gasteiger partial charge in [-0.05, 0) is 24.5 Å². The Hall–Kier alpha value is -2.24. The normalized spacial score (nSPS) is 14.2. The second kappa shape index (κ2) is 4.95. The largest absolute Gasteiger partial charge is 0.364 e. The Kier molecular flexibility index (Phi) is 2.99. The van der Waals surface area contributed by atoms with Gasteiger partial charge in [0, 0.05) is 25.0 Å². The molecule has 3 rings (SSSR count). The number of rotatable bonds is 5. The van der Waals surface area contributed by atoms with Crippen molar-refractivity contribution in [3.05, 3.63) is 36.3 Å². The van der Waals surface area contributed by atoms with Crippen molar-refractivity contribution in [3.63, 3.8) is 0 Å². The molecule has 0 aliphatic heterocycles. The lowest BCUT2D eigenvalue weighted by atomic mass is 10.3. The average Bonchev–Trinajstić information content (AvgIpc) is 3.22. The van der Waals surface area contributed by atoms with Crippen LogP contribution in [0.15, 0.2) is 30.7 Å². The fourth-order valence-corrected chi connectivity index (χ4v) is 1.56. The maximum absolute atomic E-state index is 4.35. The Labute approximate surface area is 105 Å². The van der Waals surface area contributed by atoms with Crippen LogP contribution in [0.5, 0.6) is 0 Å². The topological polar surface area (TPSA) is 75.6 Å². The highest BCUT2D eigenvalue weighted by Gasteiger charge is 2.22. The standard InChI is InChI=1S/C12H14N6/c1-2-9(6-13-5-1)7-14-11-8-15-18-12(17-11)16-10-3-4-10/h1-2,5-6,8,10H,3-4,7H2,(H2,14,16,17,18). The van der Waals surface area contributed by atoms with E-state index in [1.807, 2.05) is 18.3 Å². The smallest absolute Gasteiger partial charge is 0.244 e. The number of pyridine rings is 1. The van der Waals surface area contributed by atoms with Gasteiger partial charge in [0.15, 0.2) is 5.82 Å². The van der Waals surface area contributed by atoms with Gasteiger partial charge in [0.1, 0.15) is 0 Å². The van der Waals surface area contributed by atoms with Crippen molar-refractivity contribution in [1.82, 2.24) is 20.2 Å². The van der Waals surface area contributed by atoms with E-state index >= 15 is 0 Å². The van der Waals surface area contributed by atoms with Gasteiger partial charge in [-0.2, -0.15) is 10.1 Å². The van der Waals surface area contributed by atoms with E-state index < -0.39 is 0 Å². The van der Waals surface area contributed by atoms with E-state index in [-0.39, 0.29) is 0 Å². The van der Waals surface area contributed by atoms with E-state index in [0.717, 1.165) is 11.4 Å². The minimum absolute atomic E-state index is 0.528. The monoisotopic (exact) mass is 242 g/mol. The summed E-state index contributed by atoms with van der Waals surface area (Å²) in [6.07, 6.45) is 7.58. The fourth-order valence-electron chi connectivity index (χ4n) is 1.56. The highest BCUT2D eigenvalue weighted by atomic mass is 15.3. The Bertz CT molecular complexity index is 511. The maximum Gasteiger partial charge on any atom is 0.244 e. The summed E-state index contributed by atoms with van der Waals surface area (Å²) in [4.78, 5) is 8.41. The van der Waals surface area contributed by atoms with Gasteiger partial charge in [0.2, 0.25) is 5.95 Å². The number of aromatic nitrogens is 4. The summed E-state index contributed by atoms with van der Waals surface area (Å²) in [6, 6.07) is 4.45. The van der Waals surface area contributed by atoms with Gasteiger partial charge in [-0.25, -0.2) is 0 Å². The van der Waals surface area contributed by atoms with Crippen LogP contribution < -0.4 is 10.6 Å². The van der Waals surface area contributed by atoms with Crippen LogP contribution in [0.4, 0.5) is 11.8 Å². The van der Waals surface area contributed by atoms with Crippen LogP contribution in [0.3, 0.4) is 0 Å². The molecule has 0 bridgehead atoms. The van der Waals surface area contributed by atoms with Gasteiger partial charge in [-0.1, -0.05) is 6.07 Å². The molecule has 1 aliphatic rings. The van der Waals surface area contributed by atoms with Gasteiger partial charge in [-0.3, -0.25) is 4.98 Å². The summed E-state index contributed by atoms with van der Waals surface area (Å²) in [5.41, 5.74) is 1.10. The molecular weight excluding hydrogens is 228 g/mol. The quantitative estimate of drug-likeness (QED) is 0.826. The molecule has 0 atom stereocenters. The molecule has 0 spiro atoms. The molecular formula is C12H14N6. The SMILES string of the molecule is c1cncc(CNc2cnnc(NC3CC3)n2)c1. The first kappa shape index (κ1) is 10.9. The predicted molar refractivity (Wildman–Crippen MR) is 68.0 cm³/mol. The van der Waals surface area contributed by atoms with Crippen molar-refractivity contribution in [3.8, 4) is 0 Å². The van der Waals surface area contributed by atoms with Crippen molar-refractivity contribution in [2.75, 3.05) is 10.6 Å². The molecule has 2 aromatic rings. The van der Waals surface area contributed by atoms with E-state index in [1.54, 1.807) is 12.4 Å². The molecule has 1 aliphatic carbocycles. The lowest BCUT2D eigenvalue weighted by Gasteiger charge is -2.06. The number of hydrogen-bond acceptors (Lipinski definition) is 6. The van der Waals surface area contributed by atoms with Crippen molar-refractivity contribution in [2.24, 2.45) is 0 Å². The second-order valence-electron chi connectivity index (χ2n) is 4.30. The van der Waals surface area contributed by atoms with Gasteiger partial charge >= 0.3 is 0 Å². The average molecular weight is 242 g/mol. The molecule has 0 radical (unpaired) electrons. The minimum atomic E-state index is 0.528. The zero-order chi connectivity index (χ0) is 12.2. The highest BCUT2D eigenvalue weighted by Crippen LogP contribution is 2.22. The van der Waals surface area contributed by atoms with Gasteiger partial charge in [-0.15, -0.1) is 5.10 Å². The van der Waals surface area contributed by atoms with Crippen LogP contribution in [0.25, 0.3) is 0 Å². The van der Waals surface area contributed by atoms with Crippen molar-refractivity contribution < 1.29 is 0 Å². The Balaban J connectivity index is 1.61. The molecule has 2 heterocycles. The van der Waals surface area contributed by atoms with Crippen LogP contribution in [0.1, 0.15) is 18.4 Å². The summed E-state index contributed by atoms with van der Waals surface area (Å²) in [5, 5.41) is 14.3. The first-order valence-electron chi connectivity index (χ1n) is 5.99. The summed E-state index contributed by atoms with van der Waals surface area (Å²) >= 11 is 0. The zero-order valence-corrected chi connectivity index (χ0v) is 9.87. The molecule has 2 N–H and O–H groups in total. The van der Waals surface area contributed by atoms with E-state index in [1.165, 1.54) is 12.8 Å². The molecule has 92 valence electrons. The lowest BCUT2D eigenvalue weighted by molar-refractivity contribution is 0.935. The Morgan fingerprint density at radius 1 is 1.28 bits per heavy atom. The maximum atomic E-state index is 4.35. The molecule has 0 saturated heterocycles. The molecule has 2 aromatic heterocycles. The zero-order valence-electron chi connectivity index (χ0n) is 9.87. The molecule has 1 fully saturated rings. The van der Waals surface area contributed by atoms with Gasteiger partial charge in [0.25, 0.3) is 0 Å². The van der Waals surface area contributed by atoms with E-state index in [4.69, 9.17) is 0 Å². The van der Waals surface area contributed by atoms with E-state index in [9.17, 15) is 0 Å². The van der Waals surface area contributed by atoms with E-state index in [2.05, 4.69) is 30.8 Å². The summed E-state index contributed by atoms with van der Waals surface area (Å²) < 4.78 is 0. The highest BCUT2D eigenvalue weighted by molar-refractivity contribution is 5.38. The van der Waals surface area contributed by atoms with Gasteiger partial charge in [0.05, 0.1) is 6.20 Å². The van der Waals surface area contributed by atoms with Crippen LogP contribution in [-0.4, -0.2) is 26.2 Å². The first-order chi connectivity index (χ1) is 8.90. The summed E-state index contributed by atoms with van der Waals surface area (Å²) in [5.74, 6) is 1.31. The van der Waals surface area contributed by atoms with Crippen LogP contribution in [0, 0.1) is 0 Å². The molecule has 6 heteroatoms.